The molecular weight excluding hydrogens is 601 g/mol. The van der Waals surface area contributed by atoms with Crippen molar-refractivity contribution in [3.63, 3.8) is 0 Å². The summed E-state index contributed by atoms with van der Waals surface area (Å²) in [5.41, 5.74) is 5.15. The second-order valence-electron chi connectivity index (χ2n) is 11.0. The molecule has 0 fully saturated rings. The summed E-state index contributed by atoms with van der Waals surface area (Å²) >= 11 is 3.48. The number of benzene rings is 6. The van der Waals surface area contributed by atoms with Gasteiger partial charge in [0.2, 0.25) is 0 Å². The Hall–Kier alpha value is -6.28. The topological polar surface area (TPSA) is 95.2 Å². The molecule has 6 aromatic carbocycles. The monoisotopic (exact) mass is 618 g/mol. The molecule has 4 nitrogen and oxygen atoms in total. The Morgan fingerprint density at radius 1 is 0.413 bits per heavy atom. The Kier molecular flexibility index (Phi) is 6.35. The van der Waals surface area contributed by atoms with Gasteiger partial charge in [-0.3, -0.25) is 0 Å². The van der Waals surface area contributed by atoms with Crippen LogP contribution in [0.4, 0.5) is 0 Å². The van der Waals surface area contributed by atoms with Crippen LogP contribution >= 0.6 is 22.7 Å². The van der Waals surface area contributed by atoms with Crippen molar-refractivity contribution in [3.8, 4) is 57.7 Å². The number of hydrogen-bond donors (Lipinski definition) is 0. The van der Waals surface area contributed by atoms with Crippen LogP contribution in [0.25, 0.3) is 73.7 Å². The van der Waals surface area contributed by atoms with Crippen molar-refractivity contribution in [2.45, 2.75) is 0 Å². The lowest BCUT2D eigenvalue weighted by Gasteiger charge is -2.16. The predicted molar refractivity (Wildman–Crippen MR) is 187 cm³/mol. The molecule has 8 aromatic rings. The van der Waals surface area contributed by atoms with E-state index in [1.54, 1.807) is 22.7 Å². The van der Waals surface area contributed by atoms with E-state index < -0.39 is 0 Å². The van der Waals surface area contributed by atoms with E-state index >= 15 is 0 Å². The lowest BCUT2D eigenvalue weighted by atomic mass is 9.84. The fourth-order valence-electron chi connectivity index (χ4n) is 6.33. The summed E-state index contributed by atoms with van der Waals surface area (Å²) in [4.78, 5) is 0. The standard InChI is InChI=1S/C40H18N4S2/c41-19-23-13-27(20-42)40(28(14-23)21-43)34-18-26(24-9-11-38-32(15-24)29-5-1-3-7-36(29)45-38)17-31(35(34)22-44)25-10-12-39-33(16-25)30-6-2-4-8-37(30)46-39/h1-18H. The zero-order valence-corrected chi connectivity index (χ0v) is 25.6. The maximum absolute atomic E-state index is 10.7. The molecule has 0 radical (unpaired) electrons. The van der Waals surface area contributed by atoms with Crippen LogP contribution < -0.4 is 0 Å². The van der Waals surface area contributed by atoms with E-state index in [0.29, 0.717) is 22.3 Å². The first-order valence-corrected chi connectivity index (χ1v) is 16.0. The van der Waals surface area contributed by atoms with Gasteiger partial charge in [-0.1, -0.05) is 48.5 Å². The molecule has 46 heavy (non-hydrogen) atoms. The summed E-state index contributed by atoms with van der Waals surface area (Å²) in [6.45, 7) is 0. The van der Waals surface area contributed by atoms with Gasteiger partial charge in [0.15, 0.2) is 0 Å². The minimum absolute atomic E-state index is 0.175. The molecule has 210 valence electrons. The Balaban J connectivity index is 1.46. The summed E-state index contributed by atoms with van der Waals surface area (Å²) in [5.74, 6) is 0. The molecule has 0 saturated carbocycles. The SMILES string of the molecule is N#Cc1cc(C#N)c(-c2cc(-c3ccc4sc5ccccc5c4c3)cc(-c3ccc4sc5ccccc5c4c3)c2C#N)c(C#N)c1. The van der Waals surface area contributed by atoms with Gasteiger partial charge in [-0.15, -0.1) is 22.7 Å². The second kappa shape index (κ2) is 10.7. The van der Waals surface area contributed by atoms with Crippen molar-refractivity contribution in [1.82, 2.24) is 0 Å². The van der Waals surface area contributed by atoms with Gasteiger partial charge in [-0.05, 0) is 77.4 Å². The van der Waals surface area contributed by atoms with Crippen LogP contribution in [0.1, 0.15) is 22.3 Å². The van der Waals surface area contributed by atoms with E-state index in [1.807, 2.05) is 42.5 Å². The summed E-state index contributed by atoms with van der Waals surface area (Å²) < 4.78 is 4.73. The van der Waals surface area contributed by atoms with Crippen LogP contribution in [0.15, 0.2) is 109 Å². The fourth-order valence-corrected chi connectivity index (χ4v) is 8.50. The van der Waals surface area contributed by atoms with Crippen molar-refractivity contribution in [1.29, 1.82) is 21.0 Å². The zero-order chi connectivity index (χ0) is 31.4. The quantitative estimate of drug-likeness (QED) is 0.197. The highest BCUT2D eigenvalue weighted by Gasteiger charge is 2.22. The van der Waals surface area contributed by atoms with Crippen molar-refractivity contribution in [3.05, 3.63) is 131 Å². The predicted octanol–water partition coefficient (Wildman–Crippen LogP) is 10.9. The highest BCUT2D eigenvalue weighted by atomic mass is 32.1. The molecule has 8 rings (SSSR count). The first-order chi connectivity index (χ1) is 22.6. The van der Waals surface area contributed by atoms with E-state index in [4.69, 9.17) is 0 Å². The van der Waals surface area contributed by atoms with Gasteiger partial charge in [0, 0.05) is 57.0 Å². The summed E-state index contributed by atoms with van der Waals surface area (Å²) in [6.07, 6.45) is 0. The summed E-state index contributed by atoms with van der Waals surface area (Å²) in [7, 11) is 0. The molecule has 0 bridgehead atoms. The highest BCUT2D eigenvalue weighted by Crippen LogP contribution is 2.43. The minimum Gasteiger partial charge on any atom is -0.192 e. The van der Waals surface area contributed by atoms with Gasteiger partial charge in [0.25, 0.3) is 0 Å². The minimum atomic E-state index is 0.175. The van der Waals surface area contributed by atoms with Gasteiger partial charge in [-0.2, -0.15) is 21.0 Å². The lowest BCUT2D eigenvalue weighted by Crippen LogP contribution is -1.98. The third-order valence-corrected chi connectivity index (χ3v) is 10.7. The Bertz CT molecular complexity index is 2720. The number of hydrogen-bond acceptors (Lipinski definition) is 6. The third kappa shape index (κ3) is 4.22. The first-order valence-electron chi connectivity index (χ1n) is 14.4. The Morgan fingerprint density at radius 3 is 1.50 bits per heavy atom. The Morgan fingerprint density at radius 2 is 0.935 bits per heavy atom. The lowest BCUT2D eigenvalue weighted by molar-refractivity contribution is 1.40. The van der Waals surface area contributed by atoms with Crippen LogP contribution in [0, 0.1) is 45.3 Å². The van der Waals surface area contributed by atoms with Crippen molar-refractivity contribution in [2.24, 2.45) is 0 Å². The third-order valence-electron chi connectivity index (χ3n) is 8.43. The first kappa shape index (κ1) is 27.3. The maximum Gasteiger partial charge on any atom is 0.100 e. The van der Waals surface area contributed by atoms with Gasteiger partial charge >= 0.3 is 0 Å². The molecule has 6 heteroatoms. The molecule has 0 unspecified atom stereocenters. The smallest absolute Gasteiger partial charge is 0.100 e. The Labute approximate surface area is 272 Å². The molecule has 0 spiro atoms. The molecular formula is C40H18N4S2. The van der Waals surface area contributed by atoms with E-state index in [9.17, 15) is 21.0 Å². The van der Waals surface area contributed by atoms with Crippen molar-refractivity contribution in [2.75, 3.05) is 0 Å². The van der Waals surface area contributed by atoms with Crippen LogP contribution in [-0.2, 0) is 0 Å². The molecule has 2 aromatic heterocycles. The number of nitrogens with zero attached hydrogens (tertiary/aromatic N) is 4. The fraction of sp³-hybridized carbons (Fsp3) is 0. The van der Waals surface area contributed by atoms with E-state index in [1.165, 1.54) is 31.6 Å². The zero-order valence-electron chi connectivity index (χ0n) is 24.0. The van der Waals surface area contributed by atoms with Gasteiger partial charge in [0.05, 0.1) is 40.5 Å². The molecule has 0 aliphatic carbocycles. The molecule has 0 atom stereocenters. The largest absolute Gasteiger partial charge is 0.192 e. The molecule has 0 N–H and O–H groups in total. The maximum atomic E-state index is 10.7. The number of thiophene rings is 2. The van der Waals surface area contributed by atoms with Crippen LogP contribution in [-0.4, -0.2) is 0 Å². The molecule has 2 heterocycles. The molecule has 0 aliphatic rings. The van der Waals surface area contributed by atoms with Gasteiger partial charge in [0.1, 0.15) is 6.07 Å². The highest BCUT2D eigenvalue weighted by molar-refractivity contribution is 7.26. The normalized spacial score (nSPS) is 11.0. The number of nitriles is 4. The van der Waals surface area contributed by atoms with E-state index in [-0.39, 0.29) is 16.7 Å². The van der Waals surface area contributed by atoms with Gasteiger partial charge in [-0.25, -0.2) is 0 Å². The molecule has 0 amide bonds. The average Bonchev–Trinajstić information content (AvgIpc) is 3.68. The molecule has 0 aliphatic heterocycles. The van der Waals surface area contributed by atoms with Crippen molar-refractivity contribution >= 4 is 63.0 Å². The van der Waals surface area contributed by atoms with Crippen LogP contribution in [0.2, 0.25) is 0 Å². The summed E-state index contributed by atoms with van der Waals surface area (Å²) in [5, 5.41) is 45.3. The number of rotatable bonds is 3. The van der Waals surface area contributed by atoms with E-state index in [2.05, 4.69) is 78.9 Å². The summed E-state index contributed by atoms with van der Waals surface area (Å²) in [6, 6.07) is 45.0. The second-order valence-corrected chi connectivity index (χ2v) is 13.1. The van der Waals surface area contributed by atoms with Crippen LogP contribution in [0.3, 0.4) is 0 Å². The van der Waals surface area contributed by atoms with Gasteiger partial charge < -0.3 is 0 Å². The van der Waals surface area contributed by atoms with Crippen molar-refractivity contribution < 1.29 is 0 Å². The van der Waals surface area contributed by atoms with Crippen LogP contribution in [0.5, 0.6) is 0 Å². The molecule has 0 saturated heterocycles. The number of fused-ring (bicyclic) bond motifs is 6. The van der Waals surface area contributed by atoms with E-state index in [0.717, 1.165) is 37.5 Å². The average molecular weight is 619 g/mol.